The summed E-state index contributed by atoms with van der Waals surface area (Å²) in [7, 11) is 0. The van der Waals surface area contributed by atoms with Gasteiger partial charge in [0.25, 0.3) is 0 Å². The zero-order valence-electron chi connectivity index (χ0n) is 11.0. The van der Waals surface area contributed by atoms with Crippen molar-refractivity contribution in [3.05, 3.63) is 69.7 Å². The number of hydrogen-bond donors (Lipinski definition) is 0. The lowest BCUT2D eigenvalue weighted by Crippen LogP contribution is -2.12. The van der Waals surface area contributed by atoms with Gasteiger partial charge in [-0.3, -0.25) is 4.79 Å². The van der Waals surface area contributed by atoms with Crippen LogP contribution < -0.4 is 0 Å². The van der Waals surface area contributed by atoms with Gasteiger partial charge in [-0.25, -0.2) is 0 Å². The van der Waals surface area contributed by atoms with Crippen molar-refractivity contribution in [2.45, 2.75) is 13.0 Å². The number of hydrogen-bond acceptors (Lipinski definition) is 2. The maximum absolute atomic E-state index is 12.1. The summed E-state index contributed by atoms with van der Waals surface area (Å²) in [4.78, 5) is 12.1. The van der Waals surface area contributed by atoms with Crippen LogP contribution in [0.25, 0.3) is 0 Å². The summed E-state index contributed by atoms with van der Waals surface area (Å²) in [6, 6.07) is 14.5. The van der Waals surface area contributed by atoms with E-state index in [9.17, 15) is 4.79 Å². The molecule has 0 aliphatic carbocycles. The number of benzene rings is 2. The first-order valence-corrected chi connectivity index (χ1v) is 6.98. The molecule has 2 rings (SSSR count). The van der Waals surface area contributed by atoms with E-state index in [2.05, 4.69) is 0 Å². The molecule has 0 aromatic heterocycles. The fourth-order valence-corrected chi connectivity index (χ4v) is 2.33. The van der Waals surface area contributed by atoms with Crippen LogP contribution in [0.15, 0.2) is 48.5 Å². The summed E-state index contributed by atoms with van der Waals surface area (Å²) in [5.41, 5.74) is 1.46. The zero-order valence-corrected chi connectivity index (χ0v) is 12.5. The Morgan fingerprint density at radius 3 is 2.50 bits per heavy atom. The molecule has 0 amide bonds. The van der Waals surface area contributed by atoms with Gasteiger partial charge in [0.2, 0.25) is 0 Å². The molecular formula is C16H14Cl2O2. The first-order chi connectivity index (χ1) is 9.58. The number of ketones is 1. The fraction of sp³-hybridized carbons (Fsp3) is 0.188. The Labute approximate surface area is 128 Å². The van der Waals surface area contributed by atoms with Gasteiger partial charge in [0.05, 0.1) is 11.1 Å². The first kappa shape index (κ1) is 15.0. The van der Waals surface area contributed by atoms with Gasteiger partial charge in [-0.05, 0) is 30.7 Å². The highest BCUT2D eigenvalue weighted by atomic mass is 35.5. The van der Waals surface area contributed by atoms with Crippen LogP contribution in [0.5, 0.6) is 0 Å². The van der Waals surface area contributed by atoms with Crippen molar-refractivity contribution in [3.8, 4) is 0 Å². The Balaban J connectivity index is 1.99. The van der Waals surface area contributed by atoms with E-state index in [4.69, 9.17) is 27.9 Å². The van der Waals surface area contributed by atoms with Crippen LogP contribution in [0, 0.1) is 0 Å². The Bertz CT molecular complexity index is 597. The molecule has 0 fully saturated rings. The lowest BCUT2D eigenvalue weighted by atomic mass is 10.1. The minimum atomic E-state index is -0.158. The predicted octanol–water partition coefficient (Wildman–Crippen LogP) is 4.95. The van der Waals surface area contributed by atoms with Crippen molar-refractivity contribution < 1.29 is 9.53 Å². The Morgan fingerprint density at radius 2 is 1.85 bits per heavy atom. The van der Waals surface area contributed by atoms with E-state index < -0.39 is 0 Å². The molecule has 1 unspecified atom stereocenters. The molecule has 20 heavy (non-hydrogen) atoms. The molecule has 2 aromatic rings. The van der Waals surface area contributed by atoms with Crippen LogP contribution in [-0.4, -0.2) is 12.4 Å². The SMILES string of the molecule is CC(OCC(=O)c1ccc(Cl)cc1Cl)c1ccccc1. The summed E-state index contributed by atoms with van der Waals surface area (Å²) in [6.07, 6.45) is -0.147. The largest absolute Gasteiger partial charge is 0.366 e. The number of Topliss-reactive ketones (excluding diaryl/α,β-unsaturated/α-hetero) is 1. The van der Waals surface area contributed by atoms with Gasteiger partial charge >= 0.3 is 0 Å². The number of carbonyl (C=O) groups excluding carboxylic acids is 1. The van der Waals surface area contributed by atoms with Crippen LogP contribution in [0.3, 0.4) is 0 Å². The second kappa shape index (κ2) is 6.89. The van der Waals surface area contributed by atoms with Gasteiger partial charge in [0.15, 0.2) is 5.78 Å². The lowest BCUT2D eigenvalue weighted by molar-refractivity contribution is 0.0521. The van der Waals surface area contributed by atoms with E-state index in [-0.39, 0.29) is 18.5 Å². The van der Waals surface area contributed by atoms with Crippen LogP contribution in [-0.2, 0) is 4.74 Å². The Kier molecular flexibility index (Phi) is 5.18. The van der Waals surface area contributed by atoms with Gasteiger partial charge in [0, 0.05) is 10.6 Å². The van der Waals surface area contributed by atoms with Crippen molar-refractivity contribution in [1.29, 1.82) is 0 Å². The average Bonchev–Trinajstić information content (AvgIpc) is 2.45. The average molecular weight is 309 g/mol. The van der Waals surface area contributed by atoms with Crippen molar-refractivity contribution in [2.24, 2.45) is 0 Å². The number of rotatable bonds is 5. The molecule has 104 valence electrons. The minimum absolute atomic E-state index is 0.0165. The second-order valence-corrected chi connectivity index (χ2v) is 5.25. The third-order valence-electron chi connectivity index (χ3n) is 2.96. The highest BCUT2D eigenvalue weighted by molar-refractivity contribution is 6.36. The zero-order chi connectivity index (χ0) is 14.5. The maximum atomic E-state index is 12.1. The Morgan fingerprint density at radius 1 is 1.15 bits per heavy atom. The molecule has 0 aliphatic heterocycles. The van der Waals surface area contributed by atoms with Crippen molar-refractivity contribution in [2.75, 3.05) is 6.61 Å². The molecule has 0 N–H and O–H groups in total. The van der Waals surface area contributed by atoms with Crippen molar-refractivity contribution in [3.63, 3.8) is 0 Å². The molecule has 0 radical (unpaired) electrons. The highest BCUT2D eigenvalue weighted by Gasteiger charge is 2.13. The molecule has 0 bridgehead atoms. The molecule has 4 heteroatoms. The second-order valence-electron chi connectivity index (χ2n) is 4.41. The van der Waals surface area contributed by atoms with Crippen molar-refractivity contribution >= 4 is 29.0 Å². The summed E-state index contributed by atoms with van der Waals surface area (Å²) >= 11 is 11.8. The topological polar surface area (TPSA) is 26.3 Å². The van der Waals surface area contributed by atoms with E-state index in [1.165, 1.54) is 0 Å². The lowest BCUT2D eigenvalue weighted by Gasteiger charge is -2.13. The minimum Gasteiger partial charge on any atom is -0.366 e. The quantitative estimate of drug-likeness (QED) is 0.730. The van der Waals surface area contributed by atoms with Crippen LogP contribution >= 0.6 is 23.2 Å². The van der Waals surface area contributed by atoms with E-state index in [1.54, 1.807) is 18.2 Å². The number of carbonyl (C=O) groups is 1. The van der Waals surface area contributed by atoms with Gasteiger partial charge in [-0.2, -0.15) is 0 Å². The van der Waals surface area contributed by atoms with Crippen LogP contribution in [0.1, 0.15) is 28.9 Å². The van der Waals surface area contributed by atoms with Gasteiger partial charge in [0.1, 0.15) is 6.61 Å². The molecule has 2 nitrogen and oxygen atoms in total. The van der Waals surface area contributed by atoms with E-state index >= 15 is 0 Å². The molecular weight excluding hydrogens is 295 g/mol. The van der Waals surface area contributed by atoms with Gasteiger partial charge in [-0.15, -0.1) is 0 Å². The first-order valence-electron chi connectivity index (χ1n) is 6.22. The summed E-state index contributed by atoms with van der Waals surface area (Å²) < 4.78 is 5.59. The number of ether oxygens (including phenoxy) is 1. The molecule has 1 atom stereocenters. The third kappa shape index (κ3) is 3.83. The normalized spacial score (nSPS) is 12.2. The van der Waals surface area contributed by atoms with Crippen LogP contribution in [0.4, 0.5) is 0 Å². The molecule has 0 saturated carbocycles. The summed E-state index contributed by atoms with van der Waals surface area (Å²) in [5.74, 6) is -0.158. The van der Waals surface area contributed by atoms with Gasteiger partial charge in [-0.1, -0.05) is 53.5 Å². The number of halogens is 2. The predicted molar refractivity (Wildman–Crippen MR) is 81.6 cm³/mol. The smallest absolute Gasteiger partial charge is 0.189 e. The highest BCUT2D eigenvalue weighted by Crippen LogP contribution is 2.22. The molecule has 0 spiro atoms. The van der Waals surface area contributed by atoms with E-state index in [0.29, 0.717) is 15.6 Å². The molecule has 2 aromatic carbocycles. The van der Waals surface area contributed by atoms with E-state index in [1.807, 2.05) is 37.3 Å². The molecule has 0 saturated heterocycles. The fourth-order valence-electron chi connectivity index (χ4n) is 1.81. The monoisotopic (exact) mass is 308 g/mol. The van der Waals surface area contributed by atoms with E-state index in [0.717, 1.165) is 5.56 Å². The summed E-state index contributed by atoms with van der Waals surface area (Å²) in [5, 5.41) is 0.851. The third-order valence-corrected chi connectivity index (χ3v) is 3.51. The Hall–Kier alpha value is -1.35. The molecule has 0 aliphatic rings. The maximum Gasteiger partial charge on any atom is 0.189 e. The van der Waals surface area contributed by atoms with Crippen molar-refractivity contribution in [1.82, 2.24) is 0 Å². The summed E-state index contributed by atoms with van der Waals surface area (Å²) in [6.45, 7) is 1.89. The van der Waals surface area contributed by atoms with Gasteiger partial charge < -0.3 is 4.74 Å². The van der Waals surface area contributed by atoms with Crippen LogP contribution in [0.2, 0.25) is 10.0 Å². The standard InChI is InChI=1S/C16H14Cl2O2/c1-11(12-5-3-2-4-6-12)20-10-16(19)14-8-7-13(17)9-15(14)18/h2-9,11H,10H2,1H3. The molecule has 0 heterocycles.